The summed E-state index contributed by atoms with van der Waals surface area (Å²) in [5.41, 5.74) is 2.01. The van der Waals surface area contributed by atoms with Gasteiger partial charge in [0.2, 0.25) is 5.91 Å². The van der Waals surface area contributed by atoms with Crippen molar-refractivity contribution in [2.24, 2.45) is 0 Å². The van der Waals surface area contributed by atoms with Gasteiger partial charge in [-0.25, -0.2) is 4.79 Å². The minimum atomic E-state index is -0.909. The number of amides is 3. The lowest BCUT2D eigenvalue weighted by Crippen LogP contribution is -2.54. The van der Waals surface area contributed by atoms with Crippen molar-refractivity contribution in [2.75, 3.05) is 11.9 Å². The van der Waals surface area contributed by atoms with Crippen LogP contribution in [-0.4, -0.2) is 40.5 Å². The van der Waals surface area contributed by atoms with Gasteiger partial charge in [-0.05, 0) is 77.6 Å². The van der Waals surface area contributed by atoms with Gasteiger partial charge >= 0.3 is 6.09 Å². The third-order valence-corrected chi connectivity index (χ3v) is 5.39. The van der Waals surface area contributed by atoms with Crippen LogP contribution in [0, 0.1) is 6.92 Å². The Balaban J connectivity index is 2.43. The number of carbonyl (C=O) groups is 3. The summed E-state index contributed by atoms with van der Waals surface area (Å²) in [5, 5.41) is 5.53. The van der Waals surface area contributed by atoms with Crippen LogP contribution in [0.15, 0.2) is 48.5 Å². The van der Waals surface area contributed by atoms with Gasteiger partial charge < -0.3 is 20.3 Å². The molecule has 2 N–H and O–H groups in total. The molecule has 0 aromatic heterocycles. The molecule has 0 heterocycles. The summed E-state index contributed by atoms with van der Waals surface area (Å²) in [6.07, 6.45) is 0.176. The lowest BCUT2D eigenvalue weighted by Gasteiger charge is -2.41. The number of nitrogens with zero attached hydrogens (tertiary/aromatic N) is 1. The topological polar surface area (TPSA) is 87.7 Å². The van der Waals surface area contributed by atoms with Crippen molar-refractivity contribution in [3.63, 3.8) is 0 Å². The van der Waals surface area contributed by atoms with Crippen LogP contribution in [0.5, 0.6) is 0 Å². The first-order chi connectivity index (χ1) is 16.2. The molecule has 0 saturated carbocycles. The molecule has 0 aliphatic carbocycles. The average molecular weight is 482 g/mol. The molecule has 0 aliphatic rings. The Morgan fingerprint density at radius 1 is 0.943 bits per heavy atom. The maximum absolute atomic E-state index is 13.7. The zero-order valence-corrected chi connectivity index (χ0v) is 22.2. The highest BCUT2D eigenvalue weighted by atomic mass is 16.6. The number of para-hydroxylation sites is 1. The molecule has 0 spiro atoms. The van der Waals surface area contributed by atoms with Crippen molar-refractivity contribution in [3.8, 4) is 0 Å². The zero-order chi connectivity index (χ0) is 26.4. The summed E-state index contributed by atoms with van der Waals surface area (Å²) in [7, 11) is 0. The fraction of sp³-hybridized carbons (Fsp3) is 0.464. The summed E-state index contributed by atoms with van der Waals surface area (Å²) in [6, 6.07) is 14.3. The Morgan fingerprint density at radius 2 is 1.54 bits per heavy atom. The standard InChI is InChI=1S/C28H39N3O4/c1-9-20-14-16-21(17-15-20)24(25(33)30-22-13-11-10-12-19(22)2)31(27(3,4)5)23(32)18-29-26(34)35-28(6,7)8/h10-17,24H,9,18H2,1-8H3,(H,29,34)(H,30,33). The normalized spacial score (nSPS) is 12.5. The Hall–Kier alpha value is -3.35. The van der Waals surface area contributed by atoms with E-state index in [1.54, 1.807) is 20.8 Å². The van der Waals surface area contributed by atoms with Crippen LogP contribution in [0.1, 0.15) is 71.2 Å². The number of aryl methyl sites for hydroxylation is 2. The fourth-order valence-electron chi connectivity index (χ4n) is 3.72. The van der Waals surface area contributed by atoms with Crippen LogP contribution < -0.4 is 10.6 Å². The summed E-state index contributed by atoms with van der Waals surface area (Å²) in [5.74, 6) is -0.725. The first-order valence-corrected chi connectivity index (χ1v) is 12.0. The van der Waals surface area contributed by atoms with E-state index in [0.717, 1.165) is 17.5 Å². The molecule has 0 radical (unpaired) electrons. The van der Waals surface area contributed by atoms with Crippen LogP contribution in [0.4, 0.5) is 10.5 Å². The highest BCUT2D eigenvalue weighted by Crippen LogP contribution is 2.31. The molecule has 2 rings (SSSR count). The first kappa shape index (κ1) is 27.9. The molecule has 0 bridgehead atoms. The van der Waals surface area contributed by atoms with Crippen LogP contribution in [0.3, 0.4) is 0 Å². The van der Waals surface area contributed by atoms with Crippen molar-refractivity contribution in [2.45, 2.75) is 79.0 Å². The predicted molar refractivity (Wildman–Crippen MR) is 139 cm³/mol. The van der Waals surface area contributed by atoms with Crippen molar-refractivity contribution in [1.29, 1.82) is 0 Å². The quantitative estimate of drug-likeness (QED) is 0.555. The van der Waals surface area contributed by atoms with Crippen LogP contribution >= 0.6 is 0 Å². The van der Waals surface area contributed by atoms with Gasteiger partial charge in [0.25, 0.3) is 5.91 Å². The van der Waals surface area contributed by atoms with E-state index in [2.05, 4.69) is 17.6 Å². The third kappa shape index (κ3) is 8.12. The molecule has 2 aromatic carbocycles. The summed E-state index contributed by atoms with van der Waals surface area (Å²) in [4.78, 5) is 40.9. The third-order valence-electron chi connectivity index (χ3n) is 5.39. The molecule has 3 amide bonds. The smallest absolute Gasteiger partial charge is 0.408 e. The van der Waals surface area contributed by atoms with Crippen LogP contribution in [0.25, 0.3) is 0 Å². The molecule has 1 unspecified atom stereocenters. The maximum Gasteiger partial charge on any atom is 0.408 e. The molecule has 0 fully saturated rings. The Bertz CT molecular complexity index is 1030. The molecule has 1 atom stereocenters. The second kappa shape index (κ2) is 11.4. The first-order valence-electron chi connectivity index (χ1n) is 12.0. The van der Waals surface area contributed by atoms with Crippen molar-refractivity contribution in [3.05, 3.63) is 65.2 Å². The molecule has 7 nitrogen and oxygen atoms in total. The molecule has 35 heavy (non-hydrogen) atoms. The van der Waals surface area contributed by atoms with E-state index < -0.39 is 29.2 Å². The van der Waals surface area contributed by atoms with Gasteiger partial charge in [0.05, 0.1) is 0 Å². The number of ether oxygens (including phenoxy) is 1. The molecular formula is C28H39N3O4. The van der Waals surface area contributed by atoms with Crippen LogP contribution in [-0.2, 0) is 20.7 Å². The minimum Gasteiger partial charge on any atom is -0.444 e. The van der Waals surface area contributed by atoms with E-state index in [9.17, 15) is 14.4 Å². The van der Waals surface area contributed by atoms with E-state index in [1.165, 1.54) is 4.90 Å². The molecule has 7 heteroatoms. The Kier molecular flexibility index (Phi) is 9.07. The number of hydrogen-bond donors (Lipinski definition) is 2. The van der Waals surface area contributed by atoms with Crippen LogP contribution in [0.2, 0.25) is 0 Å². The number of carbonyl (C=O) groups excluding carboxylic acids is 3. The molecule has 0 saturated heterocycles. The lowest BCUT2D eigenvalue weighted by atomic mass is 9.95. The second-order valence-electron chi connectivity index (χ2n) is 10.6. The Morgan fingerprint density at radius 3 is 2.06 bits per heavy atom. The number of benzene rings is 2. The van der Waals surface area contributed by atoms with E-state index >= 15 is 0 Å². The Labute approximate surface area is 209 Å². The molecule has 190 valence electrons. The number of rotatable bonds is 7. The molecular weight excluding hydrogens is 442 g/mol. The monoisotopic (exact) mass is 481 g/mol. The maximum atomic E-state index is 13.7. The van der Waals surface area contributed by atoms with E-state index in [1.807, 2.05) is 76.2 Å². The van der Waals surface area contributed by atoms with Gasteiger partial charge in [-0.1, -0.05) is 49.4 Å². The summed E-state index contributed by atoms with van der Waals surface area (Å²) >= 11 is 0. The SMILES string of the molecule is CCc1ccc(C(C(=O)Nc2ccccc2C)N(C(=O)CNC(=O)OC(C)(C)C)C(C)(C)C)cc1. The fourth-order valence-corrected chi connectivity index (χ4v) is 3.72. The van der Waals surface area contributed by atoms with E-state index in [-0.39, 0.29) is 12.5 Å². The largest absolute Gasteiger partial charge is 0.444 e. The highest BCUT2D eigenvalue weighted by Gasteiger charge is 2.38. The lowest BCUT2D eigenvalue weighted by molar-refractivity contribution is -0.144. The molecule has 0 aliphatic heterocycles. The van der Waals surface area contributed by atoms with Crippen molar-refractivity contribution >= 4 is 23.6 Å². The van der Waals surface area contributed by atoms with E-state index in [0.29, 0.717) is 11.3 Å². The van der Waals surface area contributed by atoms with Gasteiger partial charge in [-0.15, -0.1) is 0 Å². The van der Waals surface area contributed by atoms with Gasteiger partial charge in [0.1, 0.15) is 18.2 Å². The number of anilines is 1. The van der Waals surface area contributed by atoms with Gasteiger partial charge in [0.15, 0.2) is 0 Å². The van der Waals surface area contributed by atoms with Gasteiger partial charge in [0, 0.05) is 11.2 Å². The predicted octanol–water partition coefficient (Wildman–Crippen LogP) is 5.39. The van der Waals surface area contributed by atoms with E-state index in [4.69, 9.17) is 4.74 Å². The number of alkyl carbamates (subject to hydrolysis) is 1. The minimum absolute atomic E-state index is 0.298. The highest BCUT2D eigenvalue weighted by molar-refractivity contribution is 5.99. The van der Waals surface area contributed by atoms with Gasteiger partial charge in [-0.3, -0.25) is 9.59 Å². The van der Waals surface area contributed by atoms with Gasteiger partial charge in [-0.2, -0.15) is 0 Å². The van der Waals surface area contributed by atoms with Crippen molar-refractivity contribution < 1.29 is 19.1 Å². The van der Waals surface area contributed by atoms with Crippen molar-refractivity contribution in [1.82, 2.24) is 10.2 Å². The summed E-state index contributed by atoms with van der Waals surface area (Å²) in [6.45, 7) is 14.5. The summed E-state index contributed by atoms with van der Waals surface area (Å²) < 4.78 is 5.26. The zero-order valence-electron chi connectivity index (χ0n) is 22.2. The average Bonchev–Trinajstić information content (AvgIpc) is 2.75. The molecule has 2 aromatic rings. The number of nitrogens with one attached hydrogen (secondary N) is 2. The number of hydrogen-bond acceptors (Lipinski definition) is 4. The second-order valence-corrected chi connectivity index (χ2v) is 10.6.